The molecule has 3 aromatic rings. The molecule has 3 aromatic carbocycles. The summed E-state index contributed by atoms with van der Waals surface area (Å²) in [4.78, 5) is 29.8. The number of hydrogen-bond acceptors (Lipinski definition) is 3. The van der Waals surface area contributed by atoms with Gasteiger partial charge < -0.3 is 10.6 Å². The number of benzene rings is 3. The van der Waals surface area contributed by atoms with Crippen LogP contribution < -0.4 is 5.73 Å². The van der Waals surface area contributed by atoms with E-state index in [1.54, 1.807) is 0 Å². The molecule has 0 aromatic heterocycles. The molecule has 5 nitrogen and oxygen atoms in total. The van der Waals surface area contributed by atoms with Crippen molar-refractivity contribution >= 4 is 33.4 Å². The Morgan fingerprint density at radius 3 is 2.06 bits per heavy atom. The number of rotatable bonds is 3. The minimum Gasteiger partial charge on any atom is -0.369 e. The van der Waals surface area contributed by atoms with Crippen LogP contribution in [0.5, 0.6) is 0 Å². The van der Waals surface area contributed by atoms with E-state index in [-0.39, 0.29) is 17.7 Å². The Kier molecular flexibility index (Phi) is 5.36. The summed E-state index contributed by atoms with van der Waals surface area (Å²) < 4.78 is 0. The van der Waals surface area contributed by atoms with Gasteiger partial charge in [-0.05, 0) is 59.8 Å². The van der Waals surface area contributed by atoms with Gasteiger partial charge in [-0.15, -0.1) is 0 Å². The summed E-state index contributed by atoms with van der Waals surface area (Å²) in [7, 11) is 0. The van der Waals surface area contributed by atoms with Gasteiger partial charge in [0.15, 0.2) is 0 Å². The SMILES string of the molecule is NC(=O)[C@@H]1CCCN(C2CCN(C(=O)c3c4ccccc4cc4ccccc34)CC2)C1. The number of likely N-dealkylation sites (tertiary alicyclic amines) is 2. The van der Waals surface area contributed by atoms with E-state index in [0.29, 0.717) is 6.04 Å². The topological polar surface area (TPSA) is 66.6 Å². The quantitative estimate of drug-likeness (QED) is 0.662. The van der Waals surface area contributed by atoms with E-state index < -0.39 is 0 Å². The lowest BCUT2D eigenvalue weighted by Gasteiger charge is -2.41. The van der Waals surface area contributed by atoms with Crippen molar-refractivity contribution < 1.29 is 9.59 Å². The van der Waals surface area contributed by atoms with Crippen molar-refractivity contribution in [3.8, 4) is 0 Å². The van der Waals surface area contributed by atoms with E-state index in [2.05, 4.69) is 35.2 Å². The first kappa shape index (κ1) is 20.0. The number of amides is 2. The first-order chi connectivity index (χ1) is 15.1. The Labute approximate surface area is 182 Å². The third kappa shape index (κ3) is 3.79. The Hall–Kier alpha value is -2.92. The molecule has 5 rings (SSSR count). The molecular formula is C26H29N3O2. The van der Waals surface area contributed by atoms with Gasteiger partial charge in [0, 0.05) is 25.7 Å². The molecule has 160 valence electrons. The van der Waals surface area contributed by atoms with Gasteiger partial charge in [-0.2, -0.15) is 0 Å². The molecule has 0 spiro atoms. The van der Waals surface area contributed by atoms with Crippen molar-refractivity contribution in [1.29, 1.82) is 0 Å². The fraction of sp³-hybridized carbons (Fsp3) is 0.385. The van der Waals surface area contributed by atoms with E-state index in [4.69, 9.17) is 5.73 Å². The zero-order valence-corrected chi connectivity index (χ0v) is 17.8. The molecule has 0 bridgehead atoms. The lowest BCUT2D eigenvalue weighted by molar-refractivity contribution is -0.123. The van der Waals surface area contributed by atoms with Crippen molar-refractivity contribution in [2.45, 2.75) is 31.7 Å². The summed E-state index contributed by atoms with van der Waals surface area (Å²) >= 11 is 0. The highest BCUT2D eigenvalue weighted by molar-refractivity contribution is 6.18. The van der Waals surface area contributed by atoms with Crippen molar-refractivity contribution in [3.63, 3.8) is 0 Å². The Morgan fingerprint density at radius 2 is 1.45 bits per heavy atom. The van der Waals surface area contributed by atoms with E-state index in [1.807, 2.05) is 29.2 Å². The maximum atomic E-state index is 13.7. The van der Waals surface area contributed by atoms with Crippen molar-refractivity contribution in [2.24, 2.45) is 11.7 Å². The fourth-order valence-corrected chi connectivity index (χ4v) is 5.41. The number of fused-ring (bicyclic) bond motifs is 2. The standard InChI is InChI=1S/C26H29N3O2/c27-25(30)20-8-5-13-29(17-20)21-11-14-28(15-12-21)26(31)24-22-9-3-1-6-18(22)16-19-7-2-4-10-23(19)24/h1-4,6-7,9-10,16,20-21H,5,8,11-15,17H2,(H2,27,30)/t20-/m1/s1. The number of nitrogens with two attached hydrogens (primary N) is 1. The summed E-state index contributed by atoms with van der Waals surface area (Å²) in [5.41, 5.74) is 6.38. The molecular weight excluding hydrogens is 386 g/mol. The molecule has 2 fully saturated rings. The largest absolute Gasteiger partial charge is 0.369 e. The normalized spacial score (nSPS) is 20.9. The first-order valence-corrected chi connectivity index (χ1v) is 11.3. The highest BCUT2D eigenvalue weighted by Crippen LogP contribution is 2.31. The predicted octanol–water partition coefficient (Wildman–Crippen LogP) is 3.79. The van der Waals surface area contributed by atoms with Crippen LogP contribution in [0.15, 0.2) is 54.6 Å². The molecule has 0 aliphatic carbocycles. The van der Waals surface area contributed by atoms with Gasteiger partial charge in [0.05, 0.1) is 11.5 Å². The summed E-state index contributed by atoms with van der Waals surface area (Å²) in [5, 5.41) is 4.25. The van der Waals surface area contributed by atoms with Gasteiger partial charge in [0.2, 0.25) is 5.91 Å². The molecule has 0 radical (unpaired) electrons. The van der Waals surface area contributed by atoms with Crippen molar-refractivity contribution in [3.05, 3.63) is 60.2 Å². The van der Waals surface area contributed by atoms with E-state index >= 15 is 0 Å². The molecule has 5 heteroatoms. The maximum Gasteiger partial charge on any atom is 0.255 e. The predicted molar refractivity (Wildman–Crippen MR) is 124 cm³/mol. The van der Waals surface area contributed by atoms with E-state index in [9.17, 15) is 9.59 Å². The second-order valence-corrected chi connectivity index (χ2v) is 8.95. The van der Waals surface area contributed by atoms with Gasteiger partial charge in [-0.3, -0.25) is 14.5 Å². The number of carbonyl (C=O) groups is 2. The zero-order valence-electron chi connectivity index (χ0n) is 17.8. The molecule has 2 heterocycles. The van der Waals surface area contributed by atoms with Crippen LogP contribution in [0, 0.1) is 5.92 Å². The lowest BCUT2D eigenvalue weighted by atomic mass is 9.92. The molecule has 0 unspecified atom stereocenters. The van der Waals surface area contributed by atoms with Gasteiger partial charge in [0.25, 0.3) is 5.91 Å². The molecule has 2 amide bonds. The highest BCUT2D eigenvalue weighted by atomic mass is 16.2. The zero-order chi connectivity index (χ0) is 21.4. The fourth-order valence-electron chi connectivity index (χ4n) is 5.41. The van der Waals surface area contributed by atoms with Crippen molar-refractivity contribution in [1.82, 2.24) is 9.80 Å². The Balaban J connectivity index is 1.37. The molecule has 1 atom stereocenters. The summed E-state index contributed by atoms with van der Waals surface area (Å²) in [5.74, 6) is -0.0873. The summed E-state index contributed by atoms with van der Waals surface area (Å²) in [6.45, 7) is 3.29. The average Bonchev–Trinajstić information content (AvgIpc) is 2.82. The van der Waals surface area contributed by atoms with Crippen LogP contribution in [0.25, 0.3) is 21.5 Å². The second kappa shape index (κ2) is 8.31. The van der Waals surface area contributed by atoms with Gasteiger partial charge in [-0.25, -0.2) is 0 Å². The summed E-state index contributed by atoms with van der Waals surface area (Å²) in [6.07, 6.45) is 3.81. The number of hydrogen-bond donors (Lipinski definition) is 1. The second-order valence-electron chi connectivity index (χ2n) is 8.95. The Bertz CT molecular complexity index is 1080. The smallest absolute Gasteiger partial charge is 0.255 e. The molecule has 2 N–H and O–H groups in total. The summed E-state index contributed by atoms with van der Waals surface area (Å²) in [6, 6.07) is 18.9. The van der Waals surface area contributed by atoms with Gasteiger partial charge >= 0.3 is 0 Å². The van der Waals surface area contributed by atoms with Gasteiger partial charge in [-0.1, -0.05) is 48.5 Å². The van der Waals surface area contributed by atoms with Crippen molar-refractivity contribution in [2.75, 3.05) is 26.2 Å². The third-order valence-corrected chi connectivity index (χ3v) is 7.11. The van der Waals surface area contributed by atoms with E-state index in [1.165, 1.54) is 0 Å². The molecule has 2 aliphatic heterocycles. The maximum absolute atomic E-state index is 13.7. The van der Waals surface area contributed by atoms with Crippen LogP contribution in [0.1, 0.15) is 36.0 Å². The third-order valence-electron chi connectivity index (χ3n) is 7.11. The highest BCUT2D eigenvalue weighted by Gasteiger charge is 2.32. The molecule has 2 aliphatic rings. The monoisotopic (exact) mass is 415 g/mol. The lowest BCUT2D eigenvalue weighted by Crippen LogP contribution is -2.51. The number of piperidine rings is 2. The van der Waals surface area contributed by atoms with Crippen LogP contribution >= 0.6 is 0 Å². The van der Waals surface area contributed by atoms with Crippen LogP contribution in [0.3, 0.4) is 0 Å². The van der Waals surface area contributed by atoms with Crippen LogP contribution in [0.2, 0.25) is 0 Å². The Morgan fingerprint density at radius 1 is 0.839 bits per heavy atom. The van der Waals surface area contributed by atoms with Crippen LogP contribution in [-0.2, 0) is 4.79 Å². The minimum atomic E-state index is -0.180. The first-order valence-electron chi connectivity index (χ1n) is 11.3. The number of nitrogens with zero attached hydrogens (tertiary/aromatic N) is 2. The average molecular weight is 416 g/mol. The minimum absolute atomic E-state index is 0.0320. The van der Waals surface area contributed by atoms with Gasteiger partial charge in [0.1, 0.15) is 0 Å². The molecule has 2 saturated heterocycles. The molecule has 0 saturated carbocycles. The van der Waals surface area contributed by atoms with E-state index in [0.717, 1.165) is 79.0 Å². The number of primary amides is 1. The number of carbonyl (C=O) groups excluding carboxylic acids is 2. The van der Waals surface area contributed by atoms with Crippen LogP contribution in [0.4, 0.5) is 0 Å². The van der Waals surface area contributed by atoms with Crippen LogP contribution in [-0.4, -0.2) is 53.8 Å². The molecule has 31 heavy (non-hydrogen) atoms.